The van der Waals surface area contributed by atoms with Gasteiger partial charge in [0, 0.05) is 14.2 Å². The fraction of sp³-hybridized carbons (Fsp3) is 0.810. The summed E-state index contributed by atoms with van der Waals surface area (Å²) in [7, 11) is 3.67. The van der Waals surface area contributed by atoms with Gasteiger partial charge in [-0.25, -0.2) is 0 Å². The van der Waals surface area contributed by atoms with E-state index >= 15 is 0 Å². The lowest BCUT2D eigenvalue weighted by Crippen LogP contribution is -2.41. The molecule has 0 N–H and O–H groups in total. The van der Waals surface area contributed by atoms with Crippen LogP contribution in [0.1, 0.15) is 54.4 Å². The Balaban J connectivity index is 2.25. The van der Waals surface area contributed by atoms with Gasteiger partial charge >= 0.3 is 0 Å². The van der Waals surface area contributed by atoms with Crippen LogP contribution >= 0.6 is 0 Å². The maximum Gasteiger partial charge on any atom is 0.0804 e. The first-order chi connectivity index (χ1) is 10.7. The standard InChI is InChI=1S/C21H36O2/c1-13-9-17(10-14(2)19(13)22-7)21(5,6)18-11-15(3)20(23-8)16(4)12-18/h9,11,14,16-20H,10,12H2,1-8H3/t14?,16?,17-,18?,19+,20+/m1/s1. The Morgan fingerprint density at radius 1 is 0.826 bits per heavy atom. The van der Waals surface area contributed by atoms with Crippen molar-refractivity contribution in [3.63, 3.8) is 0 Å². The molecule has 0 aromatic carbocycles. The molecule has 132 valence electrons. The fourth-order valence-corrected chi connectivity index (χ4v) is 5.05. The van der Waals surface area contributed by atoms with Gasteiger partial charge in [-0.1, -0.05) is 39.8 Å². The van der Waals surface area contributed by atoms with Crippen LogP contribution in [0.5, 0.6) is 0 Å². The lowest BCUT2D eigenvalue weighted by molar-refractivity contribution is 0.0272. The van der Waals surface area contributed by atoms with E-state index in [9.17, 15) is 0 Å². The van der Waals surface area contributed by atoms with E-state index in [-0.39, 0.29) is 5.41 Å². The molecule has 0 aromatic rings. The lowest BCUT2D eigenvalue weighted by Gasteiger charge is -2.46. The molecule has 0 aromatic heterocycles. The van der Waals surface area contributed by atoms with E-state index in [0.717, 1.165) is 0 Å². The first kappa shape index (κ1) is 18.7. The molecule has 2 aliphatic carbocycles. The Kier molecular flexibility index (Phi) is 5.79. The average Bonchev–Trinajstić information content (AvgIpc) is 2.46. The maximum atomic E-state index is 5.69. The third-order valence-electron chi connectivity index (χ3n) is 6.53. The zero-order chi connectivity index (χ0) is 17.4. The predicted molar refractivity (Wildman–Crippen MR) is 97.4 cm³/mol. The number of hydrogen-bond donors (Lipinski definition) is 0. The first-order valence-electron chi connectivity index (χ1n) is 9.14. The summed E-state index contributed by atoms with van der Waals surface area (Å²) in [6.07, 6.45) is 8.00. The van der Waals surface area contributed by atoms with Crippen molar-refractivity contribution in [2.45, 2.75) is 66.6 Å². The molecule has 0 aliphatic heterocycles. The number of hydrogen-bond acceptors (Lipinski definition) is 2. The Morgan fingerprint density at radius 3 is 1.43 bits per heavy atom. The molecular weight excluding hydrogens is 284 g/mol. The van der Waals surface area contributed by atoms with E-state index in [2.05, 4.69) is 53.7 Å². The van der Waals surface area contributed by atoms with Crippen LogP contribution in [0.4, 0.5) is 0 Å². The van der Waals surface area contributed by atoms with Gasteiger partial charge in [0.15, 0.2) is 0 Å². The number of ether oxygens (including phenoxy) is 2. The molecular formula is C21H36O2. The van der Waals surface area contributed by atoms with Gasteiger partial charge in [0.05, 0.1) is 12.2 Å². The summed E-state index contributed by atoms with van der Waals surface area (Å²) in [5.74, 6) is 2.41. The summed E-state index contributed by atoms with van der Waals surface area (Å²) in [5, 5.41) is 0. The molecule has 0 spiro atoms. The number of methoxy groups -OCH3 is 2. The van der Waals surface area contributed by atoms with Crippen molar-refractivity contribution in [1.29, 1.82) is 0 Å². The molecule has 3 unspecified atom stereocenters. The monoisotopic (exact) mass is 320 g/mol. The molecule has 0 fully saturated rings. The minimum Gasteiger partial charge on any atom is -0.377 e. The predicted octanol–water partition coefficient (Wildman–Crippen LogP) is 5.25. The van der Waals surface area contributed by atoms with Crippen molar-refractivity contribution in [2.24, 2.45) is 29.1 Å². The van der Waals surface area contributed by atoms with Crippen LogP contribution in [0.25, 0.3) is 0 Å². The van der Waals surface area contributed by atoms with Gasteiger partial charge in [0.25, 0.3) is 0 Å². The van der Waals surface area contributed by atoms with Crippen LogP contribution in [0.3, 0.4) is 0 Å². The van der Waals surface area contributed by atoms with Crippen molar-refractivity contribution < 1.29 is 9.47 Å². The SMILES string of the molecule is CO[C@H]1C(C)=CC(C(C)(C)[C@@H]2C=C(C)[C@H](OC)C(C)C2)CC1C. The average molecular weight is 321 g/mol. The summed E-state index contributed by atoms with van der Waals surface area (Å²) in [6.45, 7) is 14.0. The fourth-order valence-electron chi connectivity index (χ4n) is 5.05. The van der Waals surface area contributed by atoms with E-state index in [1.165, 1.54) is 24.0 Å². The third-order valence-corrected chi connectivity index (χ3v) is 6.53. The van der Waals surface area contributed by atoms with Crippen molar-refractivity contribution in [2.75, 3.05) is 14.2 Å². The van der Waals surface area contributed by atoms with Gasteiger partial charge in [-0.3, -0.25) is 0 Å². The summed E-state index contributed by atoms with van der Waals surface area (Å²) < 4.78 is 11.4. The first-order valence-corrected chi connectivity index (χ1v) is 9.14. The van der Waals surface area contributed by atoms with Crippen molar-refractivity contribution in [3.8, 4) is 0 Å². The Hall–Kier alpha value is -0.600. The highest BCUT2D eigenvalue weighted by Gasteiger charge is 2.42. The third kappa shape index (κ3) is 3.58. The largest absolute Gasteiger partial charge is 0.377 e. The summed E-state index contributed by atoms with van der Waals surface area (Å²) in [5.41, 5.74) is 3.08. The van der Waals surface area contributed by atoms with Gasteiger partial charge in [0.1, 0.15) is 0 Å². The van der Waals surface area contributed by atoms with E-state index in [1.54, 1.807) is 0 Å². The van der Waals surface area contributed by atoms with Crippen molar-refractivity contribution in [3.05, 3.63) is 23.3 Å². The lowest BCUT2D eigenvalue weighted by atomic mass is 9.60. The van der Waals surface area contributed by atoms with Crippen LogP contribution < -0.4 is 0 Å². The topological polar surface area (TPSA) is 18.5 Å². The molecule has 0 heterocycles. The molecule has 0 bridgehead atoms. The van der Waals surface area contributed by atoms with E-state index < -0.39 is 0 Å². The maximum absolute atomic E-state index is 5.69. The Labute approximate surface area is 143 Å². The van der Waals surface area contributed by atoms with Gasteiger partial charge < -0.3 is 9.47 Å². The van der Waals surface area contributed by atoms with Crippen LogP contribution in [-0.4, -0.2) is 26.4 Å². The molecule has 6 atom stereocenters. The van der Waals surface area contributed by atoms with Crippen LogP contribution in [0, 0.1) is 29.1 Å². The molecule has 2 heteroatoms. The van der Waals surface area contributed by atoms with Gasteiger partial charge in [-0.15, -0.1) is 0 Å². The zero-order valence-corrected chi connectivity index (χ0v) is 16.3. The molecule has 0 saturated heterocycles. The van der Waals surface area contributed by atoms with Gasteiger partial charge in [0.2, 0.25) is 0 Å². The van der Waals surface area contributed by atoms with Gasteiger partial charge in [-0.05, 0) is 66.9 Å². The highest BCUT2D eigenvalue weighted by molar-refractivity contribution is 5.20. The smallest absolute Gasteiger partial charge is 0.0804 e. The van der Waals surface area contributed by atoms with Gasteiger partial charge in [-0.2, -0.15) is 0 Å². The summed E-state index contributed by atoms with van der Waals surface area (Å²) in [6, 6.07) is 0. The van der Waals surface area contributed by atoms with Crippen molar-refractivity contribution in [1.82, 2.24) is 0 Å². The molecule has 0 saturated carbocycles. The second-order valence-corrected chi connectivity index (χ2v) is 8.59. The molecule has 2 rings (SSSR count). The highest BCUT2D eigenvalue weighted by Crippen LogP contribution is 2.49. The quantitative estimate of drug-likeness (QED) is 0.659. The second-order valence-electron chi connectivity index (χ2n) is 8.59. The Bertz CT molecular complexity index is 432. The van der Waals surface area contributed by atoms with Crippen LogP contribution in [-0.2, 0) is 9.47 Å². The molecule has 2 aliphatic rings. The van der Waals surface area contributed by atoms with E-state index in [1.807, 2.05) is 14.2 Å². The van der Waals surface area contributed by atoms with Crippen molar-refractivity contribution >= 4 is 0 Å². The Morgan fingerprint density at radius 2 is 1.17 bits per heavy atom. The van der Waals surface area contributed by atoms with E-state index in [4.69, 9.17) is 9.47 Å². The van der Waals surface area contributed by atoms with Crippen LogP contribution in [0.2, 0.25) is 0 Å². The molecule has 0 radical (unpaired) electrons. The summed E-state index contributed by atoms with van der Waals surface area (Å²) >= 11 is 0. The molecule has 23 heavy (non-hydrogen) atoms. The number of rotatable bonds is 4. The van der Waals surface area contributed by atoms with E-state index in [0.29, 0.717) is 35.9 Å². The normalized spacial score (nSPS) is 39.0. The molecule has 0 amide bonds. The summed E-state index contributed by atoms with van der Waals surface area (Å²) in [4.78, 5) is 0. The zero-order valence-electron chi connectivity index (χ0n) is 16.3. The minimum atomic E-state index is 0.266. The van der Waals surface area contributed by atoms with Crippen LogP contribution in [0.15, 0.2) is 23.3 Å². The number of allylic oxidation sites excluding steroid dienone is 2. The molecule has 2 nitrogen and oxygen atoms in total. The highest BCUT2D eigenvalue weighted by atomic mass is 16.5. The minimum absolute atomic E-state index is 0.266. The second kappa shape index (κ2) is 7.11.